The van der Waals surface area contributed by atoms with Crippen LogP contribution >= 0.6 is 11.3 Å². The largest absolute Gasteiger partial charge is 0.497 e. The van der Waals surface area contributed by atoms with Crippen molar-refractivity contribution in [2.75, 3.05) is 20.8 Å². The molecule has 0 radical (unpaired) electrons. The predicted octanol–water partition coefficient (Wildman–Crippen LogP) is 4.09. The number of halogens is 1. The van der Waals surface area contributed by atoms with Crippen molar-refractivity contribution in [2.45, 2.75) is 13.0 Å². The number of thiazole rings is 1. The summed E-state index contributed by atoms with van der Waals surface area (Å²) in [6.45, 7) is 1.85. The van der Waals surface area contributed by atoms with Gasteiger partial charge in [-0.05, 0) is 42.8 Å². The maximum atomic E-state index is 13.9. The first kappa shape index (κ1) is 26.1. The Hall–Kier alpha value is -4.50. The van der Waals surface area contributed by atoms with Gasteiger partial charge in [-0.1, -0.05) is 53.8 Å². The summed E-state index contributed by atoms with van der Waals surface area (Å²) >= 11 is 1.19. The number of hydrogen-bond donors (Lipinski definition) is 0. The average molecular weight is 545 g/mol. The highest BCUT2D eigenvalue weighted by Gasteiger charge is 2.35. The Labute approximate surface area is 227 Å². The van der Waals surface area contributed by atoms with Crippen LogP contribution in [0, 0.1) is 5.82 Å². The summed E-state index contributed by atoms with van der Waals surface area (Å²) in [6.07, 6.45) is 1.72. The Bertz CT molecular complexity index is 1740. The van der Waals surface area contributed by atoms with Gasteiger partial charge < -0.3 is 14.2 Å². The van der Waals surface area contributed by atoms with Gasteiger partial charge in [0.1, 0.15) is 17.3 Å². The molecule has 0 N–H and O–H groups in total. The summed E-state index contributed by atoms with van der Waals surface area (Å²) < 4.78 is 32.0. The minimum atomic E-state index is -0.879. The Balaban J connectivity index is 1.81. The van der Waals surface area contributed by atoms with Crippen molar-refractivity contribution in [3.63, 3.8) is 0 Å². The van der Waals surface area contributed by atoms with Crippen molar-refractivity contribution in [2.24, 2.45) is 4.99 Å². The van der Waals surface area contributed by atoms with Crippen LogP contribution in [0.1, 0.15) is 29.7 Å². The smallest absolute Gasteiger partial charge is 0.338 e. The van der Waals surface area contributed by atoms with Crippen LogP contribution in [0.2, 0.25) is 0 Å². The zero-order valence-corrected chi connectivity index (χ0v) is 22.3. The normalized spacial score (nSPS) is 15.0. The van der Waals surface area contributed by atoms with Gasteiger partial charge in [-0.25, -0.2) is 14.2 Å². The number of aromatic nitrogens is 1. The van der Waals surface area contributed by atoms with E-state index in [-0.39, 0.29) is 17.7 Å². The minimum Gasteiger partial charge on any atom is -0.497 e. The number of rotatable bonds is 7. The highest BCUT2D eigenvalue weighted by molar-refractivity contribution is 7.07. The molecule has 3 aromatic carbocycles. The molecule has 198 valence electrons. The fraction of sp³-hybridized carbons (Fsp3) is 0.167. The molecule has 5 rings (SSSR count). The van der Waals surface area contributed by atoms with E-state index < -0.39 is 17.8 Å². The van der Waals surface area contributed by atoms with Crippen molar-refractivity contribution in [3.05, 3.63) is 121 Å². The number of esters is 1. The summed E-state index contributed by atoms with van der Waals surface area (Å²) in [5, 5.41) is 0. The molecule has 9 heteroatoms. The third-order valence-corrected chi connectivity index (χ3v) is 7.27. The summed E-state index contributed by atoms with van der Waals surface area (Å²) in [5.41, 5.74) is 2.18. The molecule has 1 aliphatic rings. The first-order chi connectivity index (χ1) is 18.9. The second-order valence-electron chi connectivity index (χ2n) is 8.59. The van der Waals surface area contributed by atoms with E-state index in [0.29, 0.717) is 43.2 Å². The average Bonchev–Trinajstić information content (AvgIpc) is 3.27. The number of ether oxygens (including phenoxy) is 3. The van der Waals surface area contributed by atoms with Crippen LogP contribution in [0.25, 0.3) is 11.8 Å². The Kier molecular flexibility index (Phi) is 7.42. The molecule has 0 aliphatic carbocycles. The topological polar surface area (TPSA) is 79.1 Å². The molecule has 0 amide bonds. The molecule has 0 fully saturated rings. The molecule has 2 heterocycles. The van der Waals surface area contributed by atoms with E-state index in [1.54, 1.807) is 57.6 Å². The van der Waals surface area contributed by atoms with Gasteiger partial charge in [-0.3, -0.25) is 9.36 Å². The number of benzene rings is 3. The molecule has 0 unspecified atom stereocenters. The molecule has 0 spiro atoms. The zero-order chi connectivity index (χ0) is 27.5. The van der Waals surface area contributed by atoms with Crippen molar-refractivity contribution < 1.29 is 23.4 Å². The van der Waals surface area contributed by atoms with Crippen LogP contribution in [0.5, 0.6) is 11.5 Å². The molecule has 1 atom stereocenters. The Morgan fingerprint density at radius 1 is 1.05 bits per heavy atom. The zero-order valence-electron chi connectivity index (χ0n) is 21.5. The second kappa shape index (κ2) is 11.1. The lowest BCUT2D eigenvalue weighted by Gasteiger charge is -2.25. The quantitative estimate of drug-likeness (QED) is 0.328. The maximum Gasteiger partial charge on any atom is 0.338 e. The number of nitrogens with zero attached hydrogens (tertiary/aromatic N) is 2. The van der Waals surface area contributed by atoms with Crippen molar-refractivity contribution in [1.82, 2.24) is 4.57 Å². The lowest BCUT2D eigenvalue weighted by atomic mass is 9.93. The van der Waals surface area contributed by atoms with E-state index in [1.165, 1.54) is 28.0 Å². The number of fused-ring (bicyclic) bond motifs is 1. The molecule has 7 nitrogen and oxygen atoms in total. The van der Waals surface area contributed by atoms with E-state index in [4.69, 9.17) is 19.2 Å². The van der Waals surface area contributed by atoms with Gasteiger partial charge in [0.05, 0.1) is 42.7 Å². The van der Waals surface area contributed by atoms with Gasteiger partial charge >= 0.3 is 5.97 Å². The van der Waals surface area contributed by atoms with Crippen molar-refractivity contribution in [3.8, 4) is 11.5 Å². The molecule has 1 aliphatic heterocycles. The van der Waals surface area contributed by atoms with Crippen LogP contribution in [0.15, 0.2) is 88.2 Å². The SMILES string of the molecule is CCOC(=O)C1=C(c2ccccc2)N=c2sc(=Cc3ccc(OC)cc3OC)c(=O)n2[C@H]1c1ccc(F)cc1. The van der Waals surface area contributed by atoms with E-state index in [1.807, 2.05) is 30.3 Å². The summed E-state index contributed by atoms with van der Waals surface area (Å²) in [5.74, 6) is 0.129. The molecule has 1 aromatic heterocycles. The summed E-state index contributed by atoms with van der Waals surface area (Å²) in [6, 6.07) is 19.4. The molecule has 0 bridgehead atoms. The molecular formula is C30H25FN2O5S. The first-order valence-corrected chi connectivity index (χ1v) is 13.0. The number of carbonyl (C=O) groups excluding carboxylic acids is 1. The Morgan fingerprint density at radius 2 is 1.79 bits per heavy atom. The molecule has 4 aromatic rings. The van der Waals surface area contributed by atoms with Crippen LogP contribution in [-0.2, 0) is 9.53 Å². The molecular weight excluding hydrogens is 519 g/mol. The van der Waals surface area contributed by atoms with Crippen molar-refractivity contribution in [1.29, 1.82) is 0 Å². The van der Waals surface area contributed by atoms with Gasteiger partial charge in [0.2, 0.25) is 0 Å². The number of carbonyl (C=O) groups is 1. The summed E-state index contributed by atoms with van der Waals surface area (Å²) in [4.78, 5) is 32.6. The third kappa shape index (κ3) is 5.00. The van der Waals surface area contributed by atoms with Gasteiger partial charge in [0.15, 0.2) is 4.80 Å². The van der Waals surface area contributed by atoms with Crippen LogP contribution in [0.3, 0.4) is 0 Å². The van der Waals surface area contributed by atoms with Crippen LogP contribution in [-0.4, -0.2) is 31.4 Å². The molecule has 0 saturated carbocycles. The maximum absolute atomic E-state index is 13.9. The predicted molar refractivity (Wildman–Crippen MR) is 147 cm³/mol. The number of hydrogen-bond acceptors (Lipinski definition) is 7. The number of methoxy groups -OCH3 is 2. The van der Waals surface area contributed by atoms with E-state index in [0.717, 1.165) is 0 Å². The first-order valence-electron chi connectivity index (χ1n) is 12.2. The van der Waals surface area contributed by atoms with Gasteiger partial charge in [0.25, 0.3) is 5.56 Å². The molecule has 0 saturated heterocycles. The Morgan fingerprint density at radius 3 is 2.46 bits per heavy atom. The lowest BCUT2D eigenvalue weighted by Crippen LogP contribution is -2.40. The highest BCUT2D eigenvalue weighted by Crippen LogP contribution is 2.35. The van der Waals surface area contributed by atoms with E-state index in [2.05, 4.69) is 0 Å². The van der Waals surface area contributed by atoms with Crippen LogP contribution < -0.4 is 24.4 Å². The van der Waals surface area contributed by atoms with Gasteiger partial charge in [-0.2, -0.15) is 0 Å². The second-order valence-corrected chi connectivity index (χ2v) is 9.60. The summed E-state index contributed by atoms with van der Waals surface area (Å²) in [7, 11) is 3.10. The van der Waals surface area contributed by atoms with Gasteiger partial charge in [0, 0.05) is 17.2 Å². The van der Waals surface area contributed by atoms with E-state index >= 15 is 0 Å². The standard InChI is InChI=1S/C30H25FN2O5S/c1-4-38-29(35)25-26(18-8-6-5-7-9-18)32-30-33(27(25)19-10-13-21(31)14-11-19)28(34)24(39-30)16-20-12-15-22(36-2)17-23(20)37-3/h5-17,27H,4H2,1-3H3/t27-/m0/s1. The van der Waals surface area contributed by atoms with Crippen molar-refractivity contribution >= 4 is 29.1 Å². The fourth-order valence-electron chi connectivity index (χ4n) is 4.48. The fourth-order valence-corrected chi connectivity index (χ4v) is 5.47. The highest BCUT2D eigenvalue weighted by atomic mass is 32.1. The van der Waals surface area contributed by atoms with E-state index in [9.17, 15) is 14.0 Å². The minimum absolute atomic E-state index is 0.141. The van der Waals surface area contributed by atoms with Crippen LogP contribution in [0.4, 0.5) is 4.39 Å². The lowest BCUT2D eigenvalue weighted by molar-refractivity contribution is -0.138. The monoisotopic (exact) mass is 544 g/mol. The third-order valence-electron chi connectivity index (χ3n) is 6.29. The molecule has 39 heavy (non-hydrogen) atoms. The van der Waals surface area contributed by atoms with Gasteiger partial charge in [-0.15, -0.1) is 0 Å².